The predicted molar refractivity (Wildman–Crippen MR) is 127 cm³/mol. The van der Waals surface area contributed by atoms with Gasteiger partial charge in [-0.2, -0.15) is 18.3 Å². The summed E-state index contributed by atoms with van der Waals surface area (Å²) in [6, 6.07) is 8.47. The molecule has 7 nitrogen and oxygen atoms in total. The maximum absolute atomic E-state index is 13.4. The van der Waals surface area contributed by atoms with Crippen LogP contribution in [-0.4, -0.2) is 41.8 Å². The Morgan fingerprint density at radius 3 is 2.34 bits per heavy atom. The van der Waals surface area contributed by atoms with Gasteiger partial charge in [0.2, 0.25) is 5.91 Å². The highest BCUT2D eigenvalue weighted by Gasteiger charge is 2.50. The molecule has 0 bridgehead atoms. The van der Waals surface area contributed by atoms with E-state index in [0.29, 0.717) is 0 Å². The molecule has 1 heterocycles. The minimum Gasteiger partial charge on any atom is -0.465 e. The van der Waals surface area contributed by atoms with Crippen molar-refractivity contribution in [3.05, 3.63) is 63.1 Å². The lowest BCUT2D eigenvalue weighted by Gasteiger charge is -2.26. The quantitative estimate of drug-likeness (QED) is 0.427. The molecule has 186 valence electrons. The summed E-state index contributed by atoms with van der Waals surface area (Å²) >= 11 is 9.17. The molecule has 0 saturated heterocycles. The van der Waals surface area contributed by atoms with E-state index in [1.807, 2.05) is 0 Å². The number of halogens is 5. The number of hydrogen-bond acceptors (Lipinski definition) is 5. The Morgan fingerprint density at radius 1 is 1.20 bits per heavy atom. The molecule has 3 amide bonds. The van der Waals surface area contributed by atoms with Gasteiger partial charge in [0, 0.05) is 17.0 Å². The van der Waals surface area contributed by atoms with Gasteiger partial charge in [-0.1, -0.05) is 33.6 Å². The van der Waals surface area contributed by atoms with E-state index in [2.05, 4.69) is 21.0 Å². The molecule has 1 unspecified atom stereocenters. The second-order valence-electron chi connectivity index (χ2n) is 7.86. The number of carbonyl (C=O) groups is 3. The van der Waals surface area contributed by atoms with Gasteiger partial charge in [-0.3, -0.25) is 9.59 Å². The summed E-state index contributed by atoms with van der Waals surface area (Å²) in [6.45, 7) is 3.97. The molecule has 0 saturated carbocycles. The SMILES string of the molecule is CCOC(=O)C1(C)CN(C(=O)N(C(C)=O)c2ccc(Br)cc2)N=C1c1ccc(C(F)(F)F)c(Cl)c1. The highest BCUT2D eigenvalue weighted by molar-refractivity contribution is 9.10. The Hall–Kier alpha value is -2.92. The van der Waals surface area contributed by atoms with Crippen molar-refractivity contribution < 1.29 is 32.3 Å². The average molecular weight is 575 g/mol. The number of nitrogens with zero attached hydrogens (tertiary/aromatic N) is 3. The van der Waals surface area contributed by atoms with Gasteiger partial charge in [0.15, 0.2) is 0 Å². The number of urea groups is 1. The average Bonchev–Trinajstić information content (AvgIpc) is 3.13. The lowest BCUT2D eigenvalue weighted by Crippen LogP contribution is -2.46. The number of imide groups is 1. The number of rotatable bonds is 4. The van der Waals surface area contributed by atoms with Crippen molar-refractivity contribution in [3.8, 4) is 0 Å². The number of benzene rings is 2. The number of hydrogen-bond donors (Lipinski definition) is 0. The Morgan fingerprint density at radius 2 is 1.83 bits per heavy atom. The second-order valence-corrected chi connectivity index (χ2v) is 9.19. The number of ether oxygens (including phenoxy) is 1. The zero-order valence-corrected chi connectivity index (χ0v) is 21.2. The predicted octanol–water partition coefficient (Wildman–Crippen LogP) is 5.88. The number of esters is 1. The van der Waals surface area contributed by atoms with Gasteiger partial charge in [0.1, 0.15) is 5.41 Å². The fraction of sp³-hybridized carbons (Fsp3) is 0.304. The van der Waals surface area contributed by atoms with E-state index in [1.165, 1.54) is 13.8 Å². The third kappa shape index (κ3) is 5.35. The summed E-state index contributed by atoms with van der Waals surface area (Å²) in [5, 5.41) is 4.58. The van der Waals surface area contributed by atoms with Crippen LogP contribution in [0.5, 0.6) is 0 Å². The van der Waals surface area contributed by atoms with E-state index < -0.39 is 40.1 Å². The Kier molecular flexibility index (Phi) is 7.61. The molecule has 1 atom stereocenters. The van der Waals surface area contributed by atoms with Crippen LogP contribution in [0.1, 0.15) is 31.9 Å². The fourth-order valence-electron chi connectivity index (χ4n) is 3.60. The number of alkyl halides is 3. The lowest BCUT2D eigenvalue weighted by molar-refractivity contribution is -0.150. The minimum absolute atomic E-state index is 0.0146. The first-order valence-electron chi connectivity index (χ1n) is 10.3. The van der Waals surface area contributed by atoms with Crippen LogP contribution in [0.4, 0.5) is 23.7 Å². The van der Waals surface area contributed by atoms with Crippen LogP contribution in [0.2, 0.25) is 5.02 Å². The third-order valence-electron chi connectivity index (χ3n) is 5.30. The number of amides is 3. The molecular formula is C23H20BrClF3N3O4. The van der Waals surface area contributed by atoms with Crippen LogP contribution in [0.25, 0.3) is 0 Å². The highest BCUT2D eigenvalue weighted by atomic mass is 79.9. The Labute approximate surface area is 212 Å². The topological polar surface area (TPSA) is 79.3 Å². The first-order chi connectivity index (χ1) is 16.3. The second kappa shape index (κ2) is 9.98. The van der Waals surface area contributed by atoms with Crippen molar-refractivity contribution >= 4 is 56.8 Å². The van der Waals surface area contributed by atoms with Crippen LogP contribution in [-0.2, 0) is 20.5 Å². The molecule has 3 rings (SSSR count). The molecule has 0 radical (unpaired) electrons. The van der Waals surface area contributed by atoms with Gasteiger partial charge in [-0.05, 0) is 50.2 Å². The minimum atomic E-state index is -4.67. The van der Waals surface area contributed by atoms with Crippen molar-refractivity contribution in [1.29, 1.82) is 0 Å². The molecule has 1 aliphatic rings. The molecular weight excluding hydrogens is 555 g/mol. The van der Waals surface area contributed by atoms with E-state index in [1.54, 1.807) is 31.2 Å². The lowest BCUT2D eigenvalue weighted by atomic mass is 9.82. The van der Waals surface area contributed by atoms with E-state index in [9.17, 15) is 27.6 Å². The summed E-state index contributed by atoms with van der Waals surface area (Å²) in [5.74, 6) is -1.33. The van der Waals surface area contributed by atoms with Crippen molar-refractivity contribution in [2.75, 3.05) is 18.1 Å². The van der Waals surface area contributed by atoms with Crippen LogP contribution in [0.3, 0.4) is 0 Å². The zero-order valence-electron chi connectivity index (χ0n) is 18.8. The van der Waals surface area contributed by atoms with E-state index >= 15 is 0 Å². The molecule has 0 aromatic heterocycles. The van der Waals surface area contributed by atoms with Crippen molar-refractivity contribution in [2.45, 2.75) is 26.9 Å². The standard InChI is InChI=1S/C23H20BrClF3N3O4/c1-4-35-20(33)22(3)12-30(21(34)31(13(2)32)16-8-6-15(24)7-9-16)29-19(22)14-5-10-17(18(25)11-14)23(26,27)28/h5-11H,4,12H2,1-3H3. The molecule has 0 aliphatic carbocycles. The number of carbonyl (C=O) groups excluding carboxylic acids is 3. The van der Waals surface area contributed by atoms with Crippen LogP contribution in [0, 0.1) is 5.41 Å². The molecule has 0 N–H and O–H groups in total. The fourth-order valence-corrected chi connectivity index (χ4v) is 4.16. The van der Waals surface area contributed by atoms with Crippen molar-refractivity contribution in [2.24, 2.45) is 10.5 Å². The molecule has 0 fully saturated rings. The molecule has 1 aliphatic heterocycles. The van der Waals surface area contributed by atoms with E-state index in [-0.39, 0.29) is 30.1 Å². The maximum Gasteiger partial charge on any atom is 0.417 e. The molecule has 35 heavy (non-hydrogen) atoms. The zero-order chi connectivity index (χ0) is 26.1. The van der Waals surface area contributed by atoms with Crippen LogP contribution < -0.4 is 4.90 Å². The number of anilines is 1. The van der Waals surface area contributed by atoms with Gasteiger partial charge < -0.3 is 4.74 Å². The highest BCUT2D eigenvalue weighted by Crippen LogP contribution is 2.38. The monoisotopic (exact) mass is 573 g/mol. The largest absolute Gasteiger partial charge is 0.465 e. The Bertz CT molecular complexity index is 1200. The summed E-state index contributed by atoms with van der Waals surface area (Å²) in [5.41, 5.74) is -2.22. The van der Waals surface area contributed by atoms with E-state index in [4.69, 9.17) is 16.3 Å². The van der Waals surface area contributed by atoms with Crippen LogP contribution in [0.15, 0.2) is 52.0 Å². The summed E-state index contributed by atoms with van der Waals surface area (Å²) in [4.78, 5) is 39.5. The van der Waals surface area contributed by atoms with Crippen molar-refractivity contribution in [3.63, 3.8) is 0 Å². The van der Waals surface area contributed by atoms with Crippen molar-refractivity contribution in [1.82, 2.24) is 5.01 Å². The van der Waals surface area contributed by atoms with Gasteiger partial charge in [0.25, 0.3) is 0 Å². The first-order valence-corrected chi connectivity index (χ1v) is 11.5. The van der Waals surface area contributed by atoms with E-state index in [0.717, 1.165) is 32.6 Å². The number of hydrazone groups is 1. The third-order valence-corrected chi connectivity index (χ3v) is 6.14. The summed E-state index contributed by atoms with van der Waals surface area (Å²) < 4.78 is 45.4. The molecule has 0 spiro atoms. The van der Waals surface area contributed by atoms with Crippen LogP contribution >= 0.6 is 27.5 Å². The maximum atomic E-state index is 13.4. The van der Waals surface area contributed by atoms with Gasteiger partial charge >= 0.3 is 18.2 Å². The summed E-state index contributed by atoms with van der Waals surface area (Å²) in [6.07, 6.45) is -4.67. The normalized spacial score (nSPS) is 17.7. The smallest absolute Gasteiger partial charge is 0.417 e. The molecule has 2 aromatic rings. The van der Waals surface area contributed by atoms with Gasteiger partial charge in [0.05, 0.1) is 35.1 Å². The van der Waals surface area contributed by atoms with Gasteiger partial charge in [-0.15, -0.1) is 0 Å². The molecule has 12 heteroatoms. The Balaban J connectivity index is 2.08. The summed E-state index contributed by atoms with van der Waals surface area (Å²) in [7, 11) is 0. The molecule has 2 aromatic carbocycles. The first kappa shape index (κ1) is 26.7. The van der Waals surface area contributed by atoms with Gasteiger partial charge in [-0.25, -0.2) is 14.7 Å².